The molecule has 0 aliphatic heterocycles. The van der Waals surface area contributed by atoms with Crippen LogP contribution in [0, 0.1) is 0 Å². The van der Waals surface area contributed by atoms with Crippen molar-refractivity contribution < 1.29 is 9.53 Å². The van der Waals surface area contributed by atoms with Crippen LogP contribution in [-0.4, -0.2) is 12.9 Å². The molecule has 0 radical (unpaired) electrons. The Morgan fingerprint density at radius 2 is 2.00 bits per heavy atom. The number of carbonyl (C=O) groups excluding carboxylic acids is 1. The van der Waals surface area contributed by atoms with Gasteiger partial charge in [-0.25, -0.2) is 0 Å². The number of benzene rings is 1. The van der Waals surface area contributed by atoms with Gasteiger partial charge in [-0.15, -0.1) is 0 Å². The van der Waals surface area contributed by atoms with Crippen molar-refractivity contribution in [2.75, 3.05) is 7.11 Å². The summed E-state index contributed by atoms with van der Waals surface area (Å²) in [5.41, 5.74) is 0.717. The third-order valence-corrected chi connectivity index (χ3v) is 2.59. The quantitative estimate of drug-likeness (QED) is 0.800. The number of ketones is 1. The zero-order chi connectivity index (χ0) is 10.7. The fourth-order valence-corrected chi connectivity index (χ4v) is 1.52. The highest BCUT2D eigenvalue weighted by molar-refractivity contribution is 6.42. The SMILES string of the molecule is COC(C(C)=O)c1ccc(Cl)c(Cl)c1. The van der Waals surface area contributed by atoms with E-state index in [2.05, 4.69) is 0 Å². The van der Waals surface area contributed by atoms with E-state index in [1.54, 1.807) is 18.2 Å². The third-order valence-electron chi connectivity index (χ3n) is 1.85. The molecule has 1 unspecified atom stereocenters. The van der Waals surface area contributed by atoms with Gasteiger partial charge in [-0.3, -0.25) is 4.79 Å². The smallest absolute Gasteiger partial charge is 0.163 e. The Kier molecular flexibility index (Phi) is 3.93. The van der Waals surface area contributed by atoms with Crippen molar-refractivity contribution in [3.05, 3.63) is 33.8 Å². The van der Waals surface area contributed by atoms with Crippen molar-refractivity contribution in [3.8, 4) is 0 Å². The molecule has 0 saturated carbocycles. The summed E-state index contributed by atoms with van der Waals surface area (Å²) in [6.07, 6.45) is -0.565. The zero-order valence-electron chi connectivity index (χ0n) is 7.88. The van der Waals surface area contributed by atoms with E-state index in [0.717, 1.165) is 5.56 Å². The lowest BCUT2D eigenvalue weighted by molar-refractivity contribution is -0.126. The second kappa shape index (κ2) is 4.78. The Labute approximate surface area is 92.8 Å². The largest absolute Gasteiger partial charge is 0.369 e. The van der Waals surface area contributed by atoms with Crippen molar-refractivity contribution in [2.45, 2.75) is 13.0 Å². The number of ether oxygens (including phenoxy) is 1. The summed E-state index contributed by atoms with van der Waals surface area (Å²) in [5.74, 6) is -0.0640. The molecule has 0 heterocycles. The summed E-state index contributed by atoms with van der Waals surface area (Å²) >= 11 is 11.6. The van der Waals surface area contributed by atoms with Gasteiger partial charge in [0.05, 0.1) is 10.0 Å². The molecule has 1 aromatic rings. The second-order valence-electron chi connectivity index (χ2n) is 2.90. The van der Waals surface area contributed by atoms with E-state index in [1.165, 1.54) is 14.0 Å². The molecule has 1 rings (SSSR count). The molecule has 0 aliphatic rings. The van der Waals surface area contributed by atoms with Gasteiger partial charge in [0, 0.05) is 7.11 Å². The number of hydrogen-bond donors (Lipinski definition) is 0. The number of methoxy groups -OCH3 is 1. The molecular formula is C10H10Cl2O2. The maximum absolute atomic E-state index is 11.2. The van der Waals surface area contributed by atoms with Crippen LogP contribution in [0.3, 0.4) is 0 Å². The van der Waals surface area contributed by atoms with Crippen LogP contribution in [0.1, 0.15) is 18.6 Å². The van der Waals surface area contributed by atoms with Gasteiger partial charge < -0.3 is 4.74 Å². The van der Waals surface area contributed by atoms with Gasteiger partial charge in [0.1, 0.15) is 6.10 Å². The van der Waals surface area contributed by atoms with Gasteiger partial charge in [0.25, 0.3) is 0 Å². The first kappa shape index (κ1) is 11.5. The van der Waals surface area contributed by atoms with Gasteiger partial charge in [0.2, 0.25) is 0 Å². The molecule has 0 N–H and O–H groups in total. The fraction of sp³-hybridized carbons (Fsp3) is 0.300. The van der Waals surface area contributed by atoms with Crippen molar-refractivity contribution in [2.24, 2.45) is 0 Å². The highest BCUT2D eigenvalue weighted by Gasteiger charge is 2.16. The fourth-order valence-electron chi connectivity index (χ4n) is 1.21. The number of carbonyl (C=O) groups is 1. The molecule has 1 aromatic carbocycles. The Balaban J connectivity index is 3.06. The summed E-state index contributed by atoms with van der Waals surface area (Å²) in [4.78, 5) is 11.2. The summed E-state index contributed by atoms with van der Waals surface area (Å²) in [6, 6.07) is 5.01. The van der Waals surface area contributed by atoms with Crippen LogP contribution in [0.5, 0.6) is 0 Å². The molecule has 0 fully saturated rings. The zero-order valence-corrected chi connectivity index (χ0v) is 9.39. The molecule has 14 heavy (non-hydrogen) atoms. The van der Waals surface area contributed by atoms with E-state index in [9.17, 15) is 4.79 Å². The van der Waals surface area contributed by atoms with Gasteiger partial charge >= 0.3 is 0 Å². The second-order valence-corrected chi connectivity index (χ2v) is 3.71. The van der Waals surface area contributed by atoms with Crippen molar-refractivity contribution in [3.63, 3.8) is 0 Å². The standard InChI is InChI=1S/C10H10Cl2O2/c1-6(13)10(14-2)7-3-4-8(11)9(12)5-7/h3-5,10H,1-2H3. The molecular weight excluding hydrogens is 223 g/mol. The highest BCUT2D eigenvalue weighted by atomic mass is 35.5. The van der Waals surface area contributed by atoms with Crippen molar-refractivity contribution in [1.29, 1.82) is 0 Å². The van der Waals surface area contributed by atoms with E-state index in [-0.39, 0.29) is 5.78 Å². The number of hydrogen-bond acceptors (Lipinski definition) is 2. The molecule has 0 bridgehead atoms. The van der Waals surface area contributed by atoms with E-state index in [1.807, 2.05) is 0 Å². The maximum atomic E-state index is 11.2. The predicted molar refractivity (Wildman–Crippen MR) is 56.9 cm³/mol. The molecule has 4 heteroatoms. The highest BCUT2D eigenvalue weighted by Crippen LogP contribution is 2.27. The molecule has 1 atom stereocenters. The minimum Gasteiger partial charge on any atom is -0.369 e. The van der Waals surface area contributed by atoms with E-state index in [0.29, 0.717) is 10.0 Å². The average molecular weight is 233 g/mol. The van der Waals surface area contributed by atoms with Crippen molar-refractivity contribution >= 4 is 29.0 Å². The van der Waals surface area contributed by atoms with Crippen LogP contribution in [0.25, 0.3) is 0 Å². The molecule has 0 amide bonds. The van der Waals surface area contributed by atoms with Crippen LogP contribution in [0.4, 0.5) is 0 Å². The number of halogens is 2. The van der Waals surface area contributed by atoms with E-state index < -0.39 is 6.10 Å². The molecule has 0 saturated heterocycles. The summed E-state index contributed by atoms with van der Waals surface area (Å²) < 4.78 is 5.04. The Bertz CT molecular complexity index is 350. The van der Waals surface area contributed by atoms with Gasteiger partial charge in [-0.05, 0) is 24.6 Å². The van der Waals surface area contributed by atoms with Crippen molar-refractivity contribution in [1.82, 2.24) is 0 Å². The molecule has 0 aliphatic carbocycles. The van der Waals surface area contributed by atoms with Crippen LogP contribution >= 0.6 is 23.2 Å². The summed E-state index contributed by atoms with van der Waals surface area (Å²) in [6.45, 7) is 1.47. The number of Topliss-reactive ketones (excluding diaryl/α,β-unsaturated/α-hetero) is 1. The monoisotopic (exact) mass is 232 g/mol. The Hall–Kier alpha value is -0.570. The average Bonchev–Trinajstić information content (AvgIpc) is 2.11. The number of rotatable bonds is 3. The Morgan fingerprint density at radius 3 is 2.43 bits per heavy atom. The first-order chi connectivity index (χ1) is 6.56. The topological polar surface area (TPSA) is 26.3 Å². The molecule has 2 nitrogen and oxygen atoms in total. The minimum atomic E-state index is -0.565. The Morgan fingerprint density at radius 1 is 1.36 bits per heavy atom. The van der Waals surface area contributed by atoms with Crippen LogP contribution in [-0.2, 0) is 9.53 Å². The van der Waals surface area contributed by atoms with E-state index >= 15 is 0 Å². The first-order valence-electron chi connectivity index (χ1n) is 4.04. The maximum Gasteiger partial charge on any atom is 0.163 e. The van der Waals surface area contributed by atoms with Gasteiger partial charge in [-0.1, -0.05) is 29.3 Å². The van der Waals surface area contributed by atoms with Crippen LogP contribution in [0.2, 0.25) is 10.0 Å². The lowest BCUT2D eigenvalue weighted by Gasteiger charge is -2.12. The third kappa shape index (κ3) is 2.47. The summed E-state index contributed by atoms with van der Waals surface area (Å²) in [5, 5.41) is 0.890. The first-order valence-corrected chi connectivity index (χ1v) is 4.80. The summed E-state index contributed by atoms with van der Waals surface area (Å²) in [7, 11) is 1.48. The van der Waals surface area contributed by atoms with Gasteiger partial charge in [-0.2, -0.15) is 0 Å². The van der Waals surface area contributed by atoms with Crippen LogP contribution < -0.4 is 0 Å². The van der Waals surface area contributed by atoms with Gasteiger partial charge in [0.15, 0.2) is 5.78 Å². The van der Waals surface area contributed by atoms with E-state index in [4.69, 9.17) is 27.9 Å². The lowest BCUT2D eigenvalue weighted by Crippen LogP contribution is -2.10. The molecule has 76 valence electrons. The molecule has 0 aromatic heterocycles. The minimum absolute atomic E-state index is 0.0640. The molecule has 0 spiro atoms. The lowest BCUT2D eigenvalue weighted by atomic mass is 10.1. The van der Waals surface area contributed by atoms with Crippen LogP contribution in [0.15, 0.2) is 18.2 Å². The normalized spacial score (nSPS) is 12.6. The predicted octanol–water partition coefficient (Wildman–Crippen LogP) is 3.27.